The van der Waals surface area contributed by atoms with Gasteiger partial charge in [-0.3, -0.25) is 4.79 Å². The van der Waals surface area contributed by atoms with Crippen molar-refractivity contribution in [2.24, 2.45) is 7.05 Å². The van der Waals surface area contributed by atoms with Gasteiger partial charge in [-0.25, -0.2) is 4.98 Å². The molecular formula is C18H23N3O2. The molecular weight excluding hydrogens is 290 g/mol. The number of aromatic nitrogens is 2. The van der Waals surface area contributed by atoms with Crippen LogP contribution in [0.5, 0.6) is 0 Å². The summed E-state index contributed by atoms with van der Waals surface area (Å²) in [7, 11) is 1.88. The van der Waals surface area contributed by atoms with Crippen LogP contribution < -0.4 is 0 Å². The second-order valence-electron chi connectivity index (χ2n) is 6.19. The molecule has 1 aromatic heterocycles. The van der Waals surface area contributed by atoms with E-state index in [0.717, 1.165) is 18.4 Å². The quantitative estimate of drug-likeness (QED) is 0.871. The molecule has 1 aliphatic rings. The molecule has 2 heterocycles. The maximum atomic E-state index is 13.0. The Bertz CT molecular complexity index is 674. The normalized spacial score (nSPS) is 15.6. The zero-order valence-corrected chi connectivity index (χ0v) is 13.7. The van der Waals surface area contributed by atoms with Gasteiger partial charge in [0.25, 0.3) is 5.91 Å². The Labute approximate surface area is 136 Å². The third kappa shape index (κ3) is 3.79. The van der Waals surface area contributed by atoms with E-state index in [4.69, 9.17) is 4.74 Å². The Balaban J connectivity index is 1.85. The number of hydrogen-bond donors (Lipinski definition) is 0. The summed E-state index contributed by atoms with van der Waals surface area (Å²) in [5.41, 5.74) is 2.87. The second kappa shape index (κ2) is 6.96. The first kappa shape index (κ1) is 15.7. The molecule has 1 saturated heterocycles. The highest BCUT2D eigenvalue weighted by molar-refractivity contribution is 5.92. The standard InChI is InChI=1S/C18H23N3O2/c1-14-4-3-5-15(10-14)11-21(16-6-8-23-9-7-16)18(22)17-12-20(2)13-19-17/h3-5,10,12-13,16H,6-9,11H2,1-2H3. The van der Waals surface area contributed by atoms with Gasteiger partial charge in [0.15, 0.2) is 0 Å². The molecule has 0 bridgehead atoms. The molecule has 0 N–H and O–H groups in total. The summed E-state index contributed by atoms with van der Waals surface area (Å²) in [6, 6.07) is 8.53. The van der Waals surface area contributed by atoms with E-state index in [1.54, 1.807) is 12.5 Å². The molecule has 2 aromatic rings. The van der Waals surface area contributed by atoms with Crippen molar-refractivity contribution in [2.45, 2.75) is 32.4 Å². The van der Waals surface area contributed by atoms with E-state index in [1.165, 1.54) is 5.56 Å². The molecule has 0 unspecified atom stereocenters. The predicted molar refractivity (Wildman–Crippen MR) is 88.1 cm³/mol. The van der Waals surface area contributed by atoms with E-state index in [-0.39, 0.29) is 11.9 Å². The molecule has 1 aliphatic heterocycles. The average molecular weight is 313 g/mol. The number of carbonyl (C=O) groups excluding carboxylic acids is 1. The maximum absolute atomic E-state index is 13.0. The van der Waals surface area contributed by atoms with Crippen LogP contribution in [0.15, 0.2) is 36.8 Å². The van der Waals surface area contributed by atoms with Crippen molar-refractivity contribution in [3.05, 3.63) is 53.6 Å². The summed E-state index contributed by atoms with van der Waals surface area (Å²) < 4.78 is 7.26. The topological polar surface area (TPSA) is 47.4 Å². The number of amides is 1. The van der Waals surface area contributed by atoms with Gasteiger partial charge in [0.2, 0.25) is 0 Å². The lowest BCUT2D eigenvalue weighted by molar-refractivity contribution is 0.0264. The highest BCUT2D eigenvalue weighted by Crippen LogP contribution is 2.20. The van der Waals surface area contributed by atoms with Crippen LogP contribution in [0.3, 0.4) is 0 Å². The monoisotopic (exact) mass is 313 g/mol. The first-order chi connectivity index (χ1) is 11.1. The molecule has 3 rings (SSSR count). The van der Waals surface area contributed by atoms with Gasteiger partial charge in [-0.1, -0.05) is 29.8 Å². The molecule has 5 heteroatoms. The number of aryl methyl sites for hydroxylation is 2. The molecule has 1 amide bonds. The maximum Gasteiger partial charge on any atom is 0.274 e. The summed E-state index contributed by atoms with van der Waals surface area (Å²) in [5.74, 6) is -0.000920. The summed E-state index contributed by atoms with van der Waals surface area (Å²) in [6.45, 7) is 4.11. The molecule has 5 nitrogen and oxygen atoms in total. The van der Waals surface area contributed by atoms with Crippen LogP contribution in [0, 0.1) is 6.92 Å². The molecule has 0 atom stereocenters. The summed E-state index contributed by atoms with van der Waals surface area (Å²) in [4.78, 5) is 19.1. The number of benzene rings is 1. The molecule has 0 radical (unpaired) electrons. The van der Waals surface area contributed by atoms with Crippen molar-refractivity contribution in [1.82, 2.24) is 14.5 Å². The minimum absolute atomic E-state index is 0.000920. The lowest BCUT2D eigenvalue weighted by Crippen LogP contribution is -2.43. The van der Waals surface area contributed by atoms with E-state index >= 15 is 0 Å². The predicted octanol–water partition coefficient (Wildman–Crippen LogP) is 2.55. The average Bonchev–Trinajstić information content (AvgIpc) is 2.99. The summed E-state index contributed by atoms with van der Waals surface area (Å²) in [6.07, 6.45) is 5.21. The zero-order chi connectivity index (χ0) is 16.2. The molecule has 1 fully saturated rings. The van der Waals surface area contributed by atoms with Gasteiger partial charge < -0.3 is 14.2 Å². The highest BCUT2D eigenvalue weighted by Gasteiger charge is 2.28. The SMILES string of the molecule is Cc1cccc(CN(C(=O)c2cn(C)cn2)C2CCOCC2)c1. The Morgan fingerprint density at radius 1 is 1.39 bits per heavy atom. The van der Waals surface area contributed by atoms with Crippen molar-refractivity contribution in [3.8, 4) is 0 Å². The van der Waals surface area contributed by atoms with E-state index < -0.39 is 0 Å². The molecule has 0 saturated carbocycles. The fourth-order valence-electron chi connectivity index (χ4n) is 3.04. The minimum atomic E-state index is -0.000920. The van der Waals surface area contributed by atoms with Crippen molar-refractivity contribution in [1.29, 1.82) is 0 Å². The van der Waals surface area contributed by atoms with Crippen molar-refractivity contribution < 1.29 is 9.53 Å². The highest BCUT2D eigenvalue weighted by atomic mass is 16.5. The Kier molecular flexibility index (Phi) is 4.76. The second-order valence-corrected chi connectivity index (χ2v) is 6.19. The van der Waals surface area contributed by atoms with Crippen LogP contribution in [-0.4, -0.2) is 39.6 Å². The van der Waals surface area contributed by atoms with Crippen molar-refractivity contribution in [3.63, 3.8) is 0 Å². The van der Waals surface area contributed by atoms with Gasteiger partial charge in [0.1, 0.15) is 5.69 Å². The number of carbonyl (C=O) groups is 1. The number of hydrogen-bond acceptors (Lipinski definition) is 3. The fourth-order valence-corrected chi connectivity index (χ4v) is 3.04. The smallest absolute Gasteiger partial charge is 0.274 e. The summed E-state index contributed by atoms with van der Waals surface area (Å²) >= 11 is 0. The fraction of sp³-hybridized carbons (Fsp3) is 0.444. The van der Waals surface area contributed by atoms with Gasteiger partial charge in [0.05, 0.1) is 6.33 Å². The van der Waals surface area contributed by atoms with Crippen molar-refractivity contribution in [2.75, 3.05) is 13.2 Å². The van der Waals surface area contributed by atoms with E-state index in [9.17, 15) is 4.79 Å². The number of imidazole rings is 1. The van der Waals surface area contributed by atoms with Gasteiger partial charge in [-0.05, 0) is 25.3 Å². The van der Waals surface area contributed by atoms with Crippen LogP contribution in [0.1, 0.15) is 34.5 Å². The van der Waals surface area contributed by atoms with Crippen molar-refractivity contribution >= 4 is 5.91 Å². The minimum Gasteiger partial charge on any atom is -0.381 e. The Hall–Kier alpha value is -2.14. The number of nitrogens with zero attached hydrogens (tertiary/aromatic N) is 3. The zero-order valence-electron chi connectivity index (χ0n) is 13.7. The first-order valence-corrected chi connectivity index (χ1v) is 8.06. The van der Waals surface area contributed by atoms with Gasteiger partial charge in [-0.15, -0.1) is 0 Å². The Morgan fingerprint density at radius 2 is 2.17 bits per heavy atom. The van der Waals surface area contributed by atoms with Crippen LogP contribution >= 0.6 is 0 Å². The van der Waals surface area contributed by atoms with Gasteiger partial charge in [0, 0.05) is 39.0 Å². The third-order valence-electron chi connectivity index (χ3n) is 4.25. The largest absolute Gasteiger partial charge is 0.381 e. The van der Waals surface area contributed by atoms with Gasteiger partial charge >= 0.3 is 0 Å². The van der Waals surface area contributed by atoms with Crippen LogP contribution in [-0.2, 0) is 18.3 Å². The summed E-state index contributed by atoms with van der Waals surface area (Å²) in [5, 5.41) is 0. The number of ether oxygens (including phenoxy) is 1. The van der Waals surface area contributed by atoms with Gasteiger partial charge in [-0.2, -0.15) is 0 Å². The van der Waals surface area contributed by atoms with Crippen LogP contribution in [0.4, 0.5) is 0 Å². The molecule has 122 valence electrons. The first-order valence-electron chi connectivity index (χ1n) is 8.06. The molecule has 0 aliphatic carbocycles. The van der Waals surface area contributed by atoms with E-state index in [1.807, 2.05) is 22.6 Å². The third-order valence-corrected chi connectivity index (χ3v) is 4.25. The van der Waals surface area contributed by atoms with Crippen LogP contribution in [0.2, 0.25) is 0 Å². The van der Waals surface area contributed by atoms with E-state index in [2.05, 4.69) is 30.1 Å². The Morgan fingerprint density at radius 3 is 2.83 bits per heavy atom. The lowest BCUT2D eigenvalue weighted by Gasteiger charge is -2.34. The van der Waals surface area contributed by atoms with E-state index in [0.29, 0.717) is 25.5 Å². The van der Waals surface area contributed by atoms with Crippen LogP contribution in [0.25, 0.3) is 0 Å². The molecule has 1 aromatic carbocycles. The molecule has 23 heavy (non-hydrogen) atoms. The lowest BCUT2D eigenvalue weighted by atomic mass is 10.0. The number of rotatable bonds is 4. The molecule has 0 spiro atoms.